The Labute approximate surface area is 191 Å². The van der Waals surface area contributed by atoms with Crippen LogP contribution in [0.2, 0.25) is 5.02 Å². The van der Waals surface area contributed by atoms with Crippen LogP contribution in [0.1, 0.15) is 0 Å². The fraction of sp³-hybridized carbons (Fsp3) is 0.174. The molecule has 0 saturated carbocycles. The summed E-state index contributed by atoms with van der Waals surface area (Å²) in [5.41, 5.74) is 1.63. The van der Waals surface area contributed by atoms with Gasteiger partial charge in [-0.05, 0) is 36.4 Å². The van der Waals surface area contributed by atoms with Crippen molar-refractivity contribution in [1.29, 1.82) is 0 Å². The van der Waals surface area contributed by atoms with E-state index < -0.39 is 0 Å². The lowest BCUT2D eigenvalue weighted by Crippen LogP contribution is -2.32. The van der Waals surface area contributed by atoms with Gasteiger partial charge in [-0.1, -0.05) is 47.6 Å². The standard InChI is InChI=1S/C23H23ClN4O2S/c1-4-14-27(15-5-2)21(29)16-31-23-26-25-22(19-8-6-7-9-20(19)30-3)28(23)18-12-10-17(24)11-13-18/h4-13H,1-2,14-16H2,3H3. The molecule has 1 aromatic heterocycles. The Morgan fingerprint density at radius 3 is 2.45 bits per heavy atom. The van der Waals surface area contributed by atoms with Gasteiger partial charge in [0, 0.05) is 23.8 Å². The minimum Gasteiger partial charge on any atom is -0.496 e. The van der Waals surface area contributed by atoms with Gasteiger partial charge in [0.2, 0.25) is 5.91 Å². The molecule has 0 aliphatic heterocycles. The number of carbonyl (C=O) groups excluding carboxylic acids is 1. The number of aromatic nitrogens is 3. The third kappa shape index (κ3) is 5.37. The van der Waals surface area contributed by atoms with Gasteiger partial charge in [-0.3, -0.25) is 9.36 Å². The first-order valence-electron chi connectivity index (χ1n) is 9.56. The molecule has 160 valence electrons. The third-order valence-corrected chi connectivity index (χ3v) is 5.61. The van der Waals surface area contributed by atoms with Crippen molar-refractivity contribution in [2.45, 2.75) is 5.16 Å². The second kappa shape index (κ2) is 10.8. The van der Waals surface area contributed by atoms with Crippen LogP contribution in [0.3, 0.4) is 0 Å². The fourth-order valence-corrected chi connectivity index (χ4v) is 3.98. The lowest BCUT2D eigenvalue weighted by molar-refractivity contribution is -0.127. The minimum atomic E-state index is -0.0331. The maximum Gasteiger partial charge on any atom is 0.233 e. The normalized spacial score (nSPS) is 10.5. The van der Waals surface area contributed by atoms with E-state index in [0.29, 0.717) is 34.8 Å². The number of para-hydroxylation sites is 1. The van der Waals surface area contributed by atoms with Gasteiger partial charge in [-0.2, -0.15) is 0 Å². The minimum absolute atomic E-state index is 0.0331. The Bertz CT molecular complexity index is 1060. The van der Waals surface area contributed by atoms with E-state index >= 15 is 0 Å². The summed E-state index contributed by atoms with van der Waals surface area (Å²) in [4.78, 5) is 14.4. The summed E-state index contributed by atoms with van der Waals surface area (Å²) in [6, 6.07) is 15.0. The number of thioether (sulfide) groups is 1. The van der Waals surface area contributed by atoms with Crippen LogP contribution in [0, 0.1) is 0 Å². The highest BCUT2D eigenvalue weighted by Gasteiger charge is 2.20. The van der Waals surface area contributed by atoms with E-state index in [0.717, 1.165) is 11.3 Å². The highest BCUT2D eigenvalue weighted by atomic mass is 35.5. The van der Waals surface area contributed by atoms with Crippen molar-refractivity contribution >= 4 is 29.3 Å². The van der Waals surface area contributed by atoms with Crippen LogP contribution in [0.5, 0.6) is 5.75 Å². The Balaban J connectivity index is 1.98. The maximum atomic E-state index is 12.7. The quantitative estimate of drug-likeness (QED) is 0.322. The van der Waals surface area contributed by atoms with Crippen LogP contribution in [0.25, 0.3) is 17.1 Å². The zero-order valence-corrected chi connectivity index (χ0v) is 18.8. The molecule has 0 atom stereocenters. The molecular weight excluding hydrogens is 432 g/mol. The molecule has 3 aromatic rings. The van der Waals surface area contributed by atoms with Gasteiger partial charge in [-0.25, -0.2) is 0 Å². The number of hydrogen-bond donors (Lipinski definition) is 0. The predicted molar refractivity (Wildman–Crippen MR) is 126 cm³/mol. The molecule has 0 saturated heterocycles. The van der Waals surface area contributed by atoms with Gasteiger partial charge >= 0.3 is 0 Å². The first kappa shape index (κ1) is 22.7. The van der Waals surface area contributed by atoms with Crippen LogP contribution < -0.4 is 4.74 Å². The molecule has 31 heavy (non-hydrogen) atoms. The van der Waals surface area contributed by atoms with E-state index in [4.69, 9.17) is 16.3 Å². The fourth-order valence-electron chi connectivity index (χ4n) is 3.00. The summed E-state index contributed by atoms with van der Waals surface area (Å²) in [6.07, 6.45) is 3.39. The van der Waals surface area contributed by atoms with Crippen molar-refractivity contribution in [3.63, 3.8) is 0 Å². The van der Waals surface area contributed by atoms with Crippen molar-refractivity contribution in [3.05, 3.63) is 78.9 Å². The monoisotopic (exact) mass is 454 g/mol. The summed E-state index contributed by atoms with van der Waals surface area (Å²) >= 11 is 7.40. The lowest BCUT2D eigenvalue weighted by Gasteiger charge is -2.19. The van der Waals surface area contributed by atoms with Crippen molar-refractivity contribution in [2.75, 3.05) is 26.0 Å². The Morgan fingerprint density at radius 1 is 1.13 bits per heavy atom. The van der Waals surface area contributed by atoms with Crippen molar-refractivity contribution < 1.29 is 9.53 Å². The summed E-state index contributed by atoms with van der Waals surface area (Å²) in [6.45, 7) is 8.35. The van der Waals surface area contributed by atoms with Gasteiger partial charge in [0.15, 0.2) is 11.0 Å². The van der Waals surface area contributed by atoms with Crippen molar-refractivity contribution in [3.8, 4) is 22.8 Å². The first-order chi connectivity index (χ1) is 15.1. The number of halogens is 1. The van der Waals surface area contributed by atoms with E-state index in [1.807, 2.05) is 41.0 Å². The lowest BCUT2D eigenvalue weighted by atomic mass is 10.2. The molecule has 0 aliphatic rings. The zero-order chi connectivity index (χ0) is 22.2. The topological polar surface area (TPSA) is 60.3 Å². The largest absolute Gasteiger partial charge is 0.496 e. The smallest absolute Gasteiger partial charge is 0.233 e. The number of benzene rings is 2. The molecule has 0 N–H and O–H groups in total. The van der Waals surface area contributed by atoms with Crippen LogP contribution in [0.15, 0.2) is 79.0 Å². The molecule has 3 rings (SSSR count). The molecule has 0 aliphatic carbocycles. The van der Waals surface area contributed by atoms with Gasteiger partial charge in [0.05, 0.1) is 18.4 Å². The summed E-state index contributed by atoms with van der Waals surface area (Å²) < 4.78 is 7.41. The molecular formula is C23H23ClN4O2S. The summed E-state index contributed by atoms with van der Waals surface area (Å²) in [7, 11) is 1.62. The van der Waals surface area contributed by atoms with E-state index in [-0.39, 0.29) is 11.7 Å². The average Bonchev–Trinajstić information content (AvgIpc) is 3.21. The Kier molecular flexibility index (Phi) is 7.92. The van der Waals surface area contributed by atoms with Gasteiger partial charge in [0.25, 0.3) is 0 Å². The van der Waals surface area contributed by atoms with Crippen molar-refractivity contribution in [2.24, 2.45) is 0 Å². The molecule has 0 radical (unpaired) electrons. The van der Waals surface area contributed by atoms with Gasteiger partial charge in [0.1, 0.15) is 5.75 Å². The van der Waals surface area contributed by atoms with Crippen molar-refractivity contribution in [1.82, 2.24) is 19.7 Å². The highest BCUT2D eigenvalue weighted by molar-refractivity contribution is 7.99. The van der Waals surface area contributed by atoms with Crippen LogP contribution in [-0.4, -0.2) is 51.5 Å². The van der Waals surface area contributed by atoms with E-state index in [2.05, 4.69) is 23.4 Å². The van der Waals surface area contributed by atoms with E-state index in [1.165, 1.54) is 11.8 Å². The zero-order valence-electron chi connectivity index (χ0n) is 17.2. The molecule has 0 bridgehead atoms. The SMILES string of the molecule is C=CCN(CC=C)C(=O)CSc1nnc(-c2ccccc2OC)n1-c1ccc(Cl)cc1. The number of ether oxygens (including phenoxy) is 1. The van der Waals surface area contributed by atoms with Crippen LogP contribution in [-0.2, 0) is 4.79 Å². The van der Waals surface area contributed by atoms with Crippen LogP contribution in [0.4, 0.5) is 0 Å². The molecule has 0 unspecified atom stereocenters. The Morgan fingerprint density at radius 2 is 1.81 bits per heavy atom. The molecule has 8 heteroatoms. The summed E-state index contributed by atoms with van der Waals surface area (Å²) in [5.74, 6) is 1.47. The predicted octanol–water partition coefficient (Wildman–Crippen LogP) is 4.89. The van der Waals surface area contributed by atoms with E-state index in [9.17, 15) is 4.79 Å². The number of rotatable bonds is 10. The Hall–Kier alpha value is -3.03. The second-order valence-corrected chi connectivity index (χ2v) is 7.86. The maximum absolute atomic E-state index is 12.7. The third-order valence-electron chi connectivity index (χ3n) is 4.44. The van der Waals surface area contributed by atoms with Gasteiger partial charge < -0.3 is 9.64 Å². The molecule has 0 fully saturated rings. The second-order valence-electron chi connectivity index (χ2n) is 6.48. The number of nitrogens with zero attached hydrogens (tertiary/aromatic N) is 4. The van der Waals surface area contributed by atoms with Crippen LogP contribution >= 0.6 is 23.4 Å². The first-order valence-corrected chi connectivity index (χ1v) is 10.9. The molecule has 0 spiro atoms. The average molecular weight is 455 g/mol. The number of carbonyl (C=O) groups is 1. The van der Waals surface area contributed by atoms with Gasteiger partial charge in [-0.15, -0.1) is 23.4 Å². The summed E-state index contributed by atoms with van der Waals surface area (Å²) in [5, 5.41) is 10.00. The number of amides is 1. The number of hydrogen-bond acceptors (Lipinski definition) is 5. The van der Waals surface area contributed by atoms with E-state index in [1.54, 1.807) is 36.3 Å². The highest BCUT2D eigenvalue weighted by Crippen LogP contribution is 2.33. The molecule has 1 amide bonds. The molecule has 6 nitrogen and oxygen atoms in total. The number of methoxy groups -OCH3 is 1. The molecule has 1 heterocycles. The molecule has 2 aromatic carbocycles.